The zero-order chi connectivity index (χ0) is 14.8. The molecule has 0 fully saturated rings. The van der Waals surface area contributed by atoms with Gasteiger partial charge in [-0.3, -0.25) is 4.79 Å². The van der Waals surface area contributed by atoms with Gasteiger partial charge in [0.2, 0.25) is 0 Å². The van der Waals surface area contributed by atoms with Gasteiger partial charge in [-0.15, -0.1) is 22.7 Å². The summed E-state index contributed by atoms with van der Waals surface area (Å²) in [6.07, 6.45) is 0. The molecule has 1 N–H and O–H groups in total. The van der Waals surface area contributed by atoms with Crippen LogP contribution in [0.3, 0.4) is 0 Å². The zero-order valence-electron chi connectivity index (χ0n) is 11.4. The molecule has 0 saturated heterocycles. The molecule has 3 aromatic rings. The number of amides is 1. The Hall–Kier alpha value is -1.76. The summed E-state index contributed by atoms with van der Waals surface area (Å²) in [6.45, 7) is 0.311. The van der Waals surface area contributed by atoms with Crippen molar-refractivity contribution < 1.29 is 9.90 Å². The fraction of sp³-hybridized carbons (Fsp3) is 0.200. The van der Waals surface area contributed by atoms with E-state index in [-0.39, 0.29) is 12.5 Å². The molecule has 0 aliphatic heterocycles. The monoisotopic (exact) mass is 318 g/mol. The Labute approximate surface area is 130 Å². The van der Waals surface area contributed by atoms with E-state index in [1.807, 2.05) is 36.4 Å². The van der Waals surface area contributed by atoms with Gasteiger partial charge in [-0.05, 0) is 24.3 Å². The van der Waals surface area contributed by atoms with Crippen LogP contribution in [0.4, 0.5) is 0 Å². The molecule has 0 bridgehead atoms. The van der Waals surface area contributed by atoms with E-state index >= 15 is 0 Å². The van der Waals surface area contributed by atoms with Crippen molar-refractivity contribution in [3.63, 3.8) is 0 Å². The van der Waals surface area contributed by atoms with Crippen LogP contribution in [0.15, 0.2) is 36.4 Å². The number of benzene rings is 1. The van der Waals surface area contributed by atoms with Crippen LogP contribution in [-0.2, 0) is 0 Å². The highest BCUT2D eigenvalue weighted by molar-refractivity contribution is 7.26. The van der Waals surface area contributed by atoms with Crippen molar-refractivity contribution in [3.05, 3.63) is 41.3 Å². The Kier molecular flexibility index (Phi) is 4.01. The third-order valence-corrected chi connectivity index (χ3v) is 5.38. The fourth-order valence-electron chi connectivity index (χ4n) is 1.99. The van der Waals surface area contributed by atoms with E-state index in [1.165, 1.54) is 16.2 Å². The Morgan fingerprint density at radius 3 is 2.81 bits per heavy atom. The number of thiazole rings is 1. The van der Waals surface area contributed by atoms with Gasteiger partial charge in [0.1, 0.15) is 5.01 Å². The molecule has 0 radical (unpaired) electrons. The SMILES string of the molecule is CN(CCO)C(=O)c1ccc(-c2nc3ccccc3s2)s1. The summed E-state index contributed by atoms with van der Waals surface area (Å²) in [6, 6.07) is 11.8. The number of carbonyl (C=O) groups excluding carboxylic acids is 1. The normalized spacial score (nSPS) is 11.0. The van der Waals surface area contributed by atoms with Crippen LogP contribution >= 0.6 is 22.7 Å². The second-order valence-corrected chi connectivity index (χ2v) is 6.72. The standard InChI is InChI=1S/C15H14N2O2S2/c1-17(8-9-18)15(19)13-7-6-12(20-13)14-16-10-4-2-3-5-11(10)21-14/h2-7,18H,8-9H2,1H3. The van der Waals surface area contributed by atoms with Gasteiger partial charge in [0.05, 0.1) is 26.6 Å². The molecule has 108 valence electrons. The molecule has 2 heterocycles. The van der Waals surface area contributed by atoms with E-state index in [0.717, 1.165) is 20.1 Å². The number of para-hydroxylation sites is 1. The average Bonchev–Trinajstić information content (AvgIpc) is 3.13. The smallest absolute Gasteiger partial charge is 0.263 e. The number of fused-ring (bicyclic) bond motifs is 1. The topological polar surface area (TPSA) is 53.4 Å². The molecule has 6 heteroatoms. The lowest BCUT2D eigenvalue weighted by atomic mass is 10.3. The molecule has 0 saturated carbocycles. The van der Waals surface area contributed by atoms with Gasteiger partial charge in [0, 0.05) is 13.6 Å². The molecule has 1 amide bonds. The first-order valence-electron chi connectivity index (χ1n) is 6.51. The van der Waals surface area contributed by atoms with Crippen molar-refractivity contribution in [1.29, 1.82) is 0 Å². The van der Waals surface area contributed by atoms with Crippen LogP contribution in [0.5, 0.6) is 0 Å². The lowest BCUT2D eigenvalue weighted by molar-refractivity contribution is 0.0771. The summed E-state index contributed by atoms with van der Waals surface area (Å²) in [7, 11) is 1.69. The van der Waals surface area contributed by atoms with Gasteiger partial charge in [0.15, 0.2) is 0 Å². The van der Waals surface area contributed by atoms with E-state index in [2.05, 4.69) is 4.98 Å². The van der Waals surface area contributed by atoms with Gasteiger partial charge in [-0.25, -0.2) is 4.98 Å². The van der Waals surface area contributed by atoms with Crippen molar-refractivity contribution >= 4 is 38.8 Å². The molecule has 3 rings (SSSR count). The maximum atomic E-state index is 12.2. The maximum absolute atomic E-state index is 12.2. The van der Waals surface area contributed by atoms with Gasteiger partial charge in [-0.2, -0.15) is 0 Å². The summed E-state index contributed by atoms with van der Waals surface area (Å²) < 4.78 is 1.14. The second kappa shape index (κ2) is 5.93. The van der Waals surface area contributed by atoms with Crippen molar-refractivity contribution in [2.45, 2.75) is 0 Å². The van der Waals surface area contributed by atoms with Crippen LogP contribution < -0.4 is 0 Å². The van der Waals surface area contributed by atoms with Gasteiger partial charge >= 0.3 is 0 Å². The number of aromatic nitrogens is 1. The fourth-order valence-corrected chi connectivity index (χ4v) is 4.01. The molecule has 0 aliphatic rings. The molecule has 2 aromatic heterocycles. The van der Waals surface area contributed by atoms with Crippen molar-refractivity contribution in [1.82, 2.24) is 9.88 Å². The van der Waals surface area contributed by atoms with Gasteiger partial charge < -0.3 is 10.0 Å². The number of likely N-dealkylation sites (N-methyl/N-ethyl adjacent to an activating group) is 1. The quantitative estimate of drug-likeness (QED) is 0.804. The van der Waals surface area contributed by atoms with Crippen LogP contribution in [0, 0.1) is 0 Å². The van der Waals surface area contributed by atoms with Crippen molar-refractivity contribution in [2.75, 3.05) is 20.2 Å². The molecule has 0 atom stereocenters. The second-order valence-electron chi connectivity index (χ2n) is 4.60. The number of hydrogen-bond donors (Lipinski definition) is 1. The van der Waals surface area contributed by atoms with Crippen LogP contribution in [0.2, 0.25) is 0 Å². The minimum absolute atomic E-state index is 0.0294. The lowest BCUT2D eigenvalue weighted by Gasteiger charge is -2.13. The first-order valence-corrected chi connectivity index (χ1v) is 8.14. The predicted octanol–water partition coefficient (Wildman–Crippen LogP) is 3.09. The van der Waals surface area contributed by atoms with E-state index in [4.69, 9.17) is 5.11 Å². The summed E-state index contributed by atoms with van der Waals surface area (Å²) in [5.41, 5.74) is 0.983. The number of rotatable bonds is 4. The molecule has 0 aliphatic carbocycles. The highest BCUT2D eigenvalue weighted by atomic mass is 32.1. The molecule has 0 unspecified atom stereocenters. The van der Waals surface area contributed by atoms with E-state index in [9.17, 15) is 4.79 Å². The van der Waals surface area contributed by atoms with Gasteiger partial charge in [0.25, 0.3) is 5.91 Å². The first kappa shape index (κ1) is 14.2. The Morgan fingerprint density at radius 2 is 2.05 bits per heavy atom. The molecule has 21 heavy (non-hydrogen) atoms. The van der Waals surface area contributed by atoms with Crippen LogP contribution in [0.25, 0.3) is 20.1 Å². The highest BCUT2D eigenvalue weighted by Crippen LogP contribution is 2.34. The molecular formula is C15H14N2O2S2. The number of aliphatic hydroxyl groups is 1. The minimum atomic E-state index is -0.0681. The number of hydrogen-bond acceptors (Lipinski definition) is 5. The lowest BCUT2D eigenvalue weighted by Crippen LogP contribution is -2.28. The summed E-state index contributed by atoms with van der Waals surface area (Å²) >= 11 is 3.07. The number of carbonyl (C=O) groups is 1. The predicted molar refractivity (Wildman–Crippen MR) is 87.0 cm³/mol. The Balaban J connectivity index is 1.89. The van der Waals surface area contributed by atoms with Crippen LogP contribution in [-0.4, -0.2) is 41.1 Å². The third kappa shape index (κ3) is 2.83. The van der Waals surface area contributed by atoms with E-state index in [0.29, 0.717) is 11.4 Å². The third-order valence-electron chi connectivity index (χ3n) is 3.10. The minimum Gasteiger partial charge on any atom is -0.395 e. The number of thiophene rings is 1. The molecule has 4 nitrogen and oxygen atoms in total. The molecule has 1 aromatic carbocycles. The summed E-state index contributed by atoms with van der Waals surface area (Å²) in [5, 5.41) is 9.83. The summed E-state index contributed by atoms with van der Waals surface area (Å²) in [5.74, 6) is -0.0681. The van der Waals surface area contributed by atoms with Crippen LogP contribution in [0.1, 0.15) is 9.67 Å². The largest absolute Gasteiger partial charge is 0.395 e. The highest BCUT2D eigenvalue weighted by Gasteiger charge is 2.15. The van der Waals surface area contributed by atoms with E-state index < -0.39 is 0 Å². The molecule has 0 spiro atoms. The van der Waals surface area contributed by atoms with Crippen molar-refractivity contribution in [2.24, 2.45) is 0 Å². The number of nitrogens with zero attached hydrogens (tertiary/aromatic N) is 2. The first-order chi connectivity index (χ1) is 10.2. The average molecular weight is 318 g/mol. The summed E-state index contributed by atoms with van der Waals surface area (Å²) in [4.78, 5) is 19.9. The maximum Gasteiger partial charge on any atom is 0.263 e. The Morgan fingerprint density at radius 1 is 1.24 bits per heavy atom. The Bertz CT molecular complexity index is 746. The zero-order valence-corrected chi connectivity index (χ0v) is 13.1. The van der Waals surface area contributed by atoms with E-state index in [1.54, 1.807) is 18.4 Å². The number of aliphatic hydroxyl groups excluding tert-OH is 1. The van der Waals surface area contributed by atoms with Gasteiger partial charge in [-0.1, -0.05) is 12.1 Å². The van der Waals surface area contributed by atoms with Crippen molar-refractivity contribution in [3.8, 4) is 9.88 Å². The molecular weight excluding hydrogens is 304 g/mol.